The molecule has 0 bridgehead atoms. The third-order valence-corrected chi connectivity index (χ3v) is 5.32. The lowest BCUT2D eigenvalue weighted by Crippen LogP contribution is -2.20. The van der Waals surface area contributed by atoms with Gasteiger partial charge in [0.15, 0.2) is 0 Å². The molecule has 0 unspecified atom stereocenters. The molecule has 0 atom stereocenters. The average Bonchev–Trinajstić information content (AvgIpc) is 2.66. The predicted octanol–water partition coefficient (Wildman–Crippen LogP) is 5.63. The highest BCUT2D eigenvalue weighted by Gasteiger charge is 2.26. The molecule has 172 valence electrons. The predicted molar refractivity (Wildman–Crippen MR) is 128 cm³/mol. The summed E-state index contributed by atoms with van der Waals surface area (Å²) in [6.45, 7) is 12.3. The molecule has 0 spiro atoms. The van der Waals surface area contributed by atoms with Gasteiger partial charge >= 0.3 is 0 Å². The number of nitro groups is 1. The van der Waals surface area contributed by atoms with E-state index >= 15 is 0 Å². The molecule has 7 nitrogen and oxygen atoms in total. The second-order valence-electron chi connectivity index (χ2n) is 9.80. The zero-order valence-corrected chi connectivity index (χ0v) is 20.1. The van der Waals surface area contributed by atoms with Crippen molar-refractivity contribution in [2.45, 2.75) is 65.2 Å². The van der Waals surface area contributed by atoms with Crippen molar-refractivity contribution in [3.05, 3.63) is 67.7 Å². The van der Waals surface area contributed by atoms with Gasteiger partial charge in [-0.2, -0.15) is 5.10 Å². The molecule has 2 N–H and O–H groups in total. The van der Waals surface area contributed by atoms with Crippen molar-refractivity contribution < 1.29 is 14.8 Å². The number of nitro benzene ring substituents is 1. The summed E-state index contributed by atoms with van der Waals surface area (Å²) in [5, 5.41) is 25.7. The second-order valence-corrected chi connectivity index (χ2v) is 10.2. The molecule has 2 aromatic carbocycles. The third kappa shape index (κ3) is 6.53. The lowest BCUT2D eigenvalue weighted by molar-refractivity contribution is -0.384. The van der Waals surface area contributed by atoms with Crippen molar-refractivity contribution >= 4 is 29.4 Å². The lowest BCUT2D eigenvalue weighted by atomic mass is 9.78. The number of aromatic hydroxyl groups is 1. The summed E-state index contributed by atoms with van der Waals surface area (Å²) < 4.78 is 0. The SMILES string of the molecule is CC(C)(C)c1cc(CCC(=O)N/N=C/c2ccc(Cl)c([N+](=O)[O-])c2)cc(C(C)(C)C)c1O. The first kappa shape index (κ1) is 25.3. The van der Waals surface area contributed by atoms with E-state index in [2.05, 4.69) is 10.5 Å². The first-order chi connectivity index (χ1) is 14.7. The van der Waals surface area contributed by atoms with Crippen LogP contribution in [0.25, 0.3) is 0 Å². The summed E-state index contributed by atoms with van der Waals surface area (Å²) in [6, 6.07) is 8.18. The van der Waals surface area contributed by atoms with Crippen LogP contribution in [0.5, 0.6) is 5.75 Å². The Bertz CT molecular complexity index is 1020. The van der Waals surface area contributed by atoms with Crippen molar-refractivity contribution in [2.75, 3.05) is 0 Å². The molecule has 0 radical (unpaired) electrons. The highest BCUT2D eigenvalue weighted by atomic mass is 35.5. The number of nitrogens with zero attached hydrogens (tertiary/aromatic N) is 2. The average molecular weight is 460 g/mol. The summed E-state index contributed by atoms with van der Waals surface area (Å²) in [5.41, 5.74) is 4.85. The molecule has 0 saturated carbocycles. The standard InChI is InChI=1S/C24H30ClN3O4/c1-23(2,3)17-11-15(12-18(22(17)30)24(4,5)6)8-10-21(29)27-26-14-16-7-9-19(25)20(13-16)28(31)32/h7,9,11-14,30H,8,10H2,1-6H3,(H,27,29)/b26-14+. The highest BCUT2D eigenvalue weighted by molar-refractivity contribution is 6.32. The number of amides is 1. The van der Waals surface area contributed by atoms with Gasteiger partial charge in [0.2, 0.25) is 5.91 Å². The van der Waals surface area contributed by atoms with Gasteiger partial charge in [-0.15, -0.1) is 0 Å². The van der Waals surface area contributed by atoms with Crippen molar-refractivity contribution in [3.8, 4) is 5.75 Å². The Morgan fingerprint density at radius 2 is 1.69 bits per heavy atom. The minimum absolute atomic E-state index is 0.0364. The first-order valence-corrected chi connectivity index (χ1v) is 10.7. The fraction of sp³-hybridized carbons (Fsp3) is 0.417. The zero-order valence-electron chi connectivity index (χ0n) is 19.3. The molecule has 0 aliphatic rings. The number of benzene rings is 2. The number of carbonyl (C=O) groups excluding carboxylic acids is 1. The summed E-state index contributed by atoms with van der Waals surface area (Å²) in [6.07, 6.45) is 2.02. The van der Waals surface area contributed by atoms with Crippen LogP contribution < -0.4 is 5.43 Å². The van der Waals surface area contributed by atoms with E-state index in [1.54, 1.807) is 6.07 Å². The van der Waals surface area contributed by atoms with E-state index < -0.39 is 4.92 Å². The van der Waals surface area contributed by atoms with Gasteiger partial charge in [-0.1, -0.05) is 71.3 Å². The van der Waals surface area contributed by atoms with Gasteiger partial charge in [0.1, 0.15) is 10.8 Å². The lowest BCUT2D eigenvalue weighted by Gasteiger charge is -2.28. The van der Waals surface area contributed by atoms with Gasteiger partial charge in [-0.3, -0.25) is 14.9 Å². The van der Waals surface area contributed by atoms with Crippen LogP contribution in [0.15, 0.2) is 35.4 Å². The number of aryl methyl sites for hydroxylation is 1. The number of phenolic OH excluding ortho intramolecular Hbond substituents is 1. The van der Waals surface area contributed by atoms with E-state index in [0.29, 0.717) is 17.7 Å². The Balaban J connectivity index is 2.10. The molecule has 0 aliphatic carbocycles. The van der Waals surface area contributed by atoms with Gasteiger partial charge in [0, 0.05) is 18.1 Å². The number of carbonyl (C=O) groups is 1. The largest absolute Gasteiger partial charge is 0.507 e. The van der Waals surface area contributed by atoms with Crippen LogP contribution in [0.2, 0.25) is 5.02 Å². The van der Waals surface area contributed by atoms with Crippen LogP contribution in [0, 0.1) is 10.1 Å². The molecular weight excluding hydrogens is 430 g/mol. The number of nitrogens with one attached hydrogen (secondary N) is 1. The van der Waals surface area contributed by atoms with Gasteiger partial charge in [-0.05, 0) is 40.0 Å². The van der Waals surface area contributed by atoms with Gasteiger partial charge in [0.05, 0.1) is 11.1 Å². The fourth-order valence-corrected chi connectivity index (χ4v) is 3.41. The topological polar surface area (TPSA) is 105 Å². The fourth-order valence-electron chi connectivity index (χ4n) is 3.22. The van der Waals surface area contributed by atoms with Crippen LogP contribution in [0.4, 0.5) is 5.69 Å². The van der Waals surface area contributed by atoms with E-state index in [4.69, 9.17) is 11.6 Å². The van der Waals surface area contributed by atoms with E-state index in [1.165, 1.54) is 18.3 Å². The summed E-state index contributed by atoms with van der Waals surface area (Å²) in [5.74, 6) is 0.0206. The van der Waals surface area contributed by atoms with Crippen LogP contribution in [-0.4, -0.2) is 22.2 Å². The summed E-state index contributed by atoms with van der Waals surface area (Å²) >= 11 is 5.79. The highest BCUT2D eigenvalue weighted by Crippen LogP contribution is 2.40. The van der Waals surface area contributed by atoms with E-state index in [0.717, 1.165) is 16.7 Å². The van der Waals surface area contributed by atoms with Gasteiger partial charge in [-0.25, -0.2) is 5.43 Å². The van der Waals surface area contributed by atoms with Crippen LogP contribution in [0.3, 0.4) is 0 Å². The molecule has 0 aliphatic heterocycles. The number of hydrogen-bond acceptors (Lipinski definition) is 5. The second kappa shape index (κ2) is 9.69. The zero-order chi connectivity index (χ0) is 24.3. The molecule has 0 fully saturated rings. The van der Waals surface area contributed by atoms with Crippen molar-refractivity contribution in [3.63, 3.8) is 0 Å². The molecule has 2 aromatic rings. The Labute approximate surface area is 193 Å². The maximum Gasteiger partial charge on any atom is 0.288 e. The first-order valence-electron chi connectivity index (χ1n) is 10.3. The van der Waals surface area contributed by atoms with E-state index in [9.17, 15) is 20.0 Å². The maximum atomic E-state index is 12.3. The minimum Gasteiger partial charge on any atom is -0.507 e. The van der Waals surface area contributed by atoms with Crippen LogP contribution >= 0.6 is 11.6 Å². The van der Waals surface area contributed by atoms with Gasteiger partial charge in [0.25, 0.3) is 5.69 Å². The quantitative estimate of drug-likeness (QED) is 0.331. The number of phenols is 1. The molecule has 0 aromatic heterocycles. The van der Waals surface area contributed by atoms with Crippen LogP contribution in [0.1, 0.15) is 70.2 Å². The van der Waals surface area contributed by atoms with Crippen molar-refractivity contribution in [1.29, 1.82) is 0 Å². The monoisotopic (exact) mass is 459 g/mol. The van der Waals surface area contributed by atoms with Crippen molar-refractivity contribution in [2.24, 2.45) is 5.10 Å². The van der Waals surface area contributed by atoms with E-state index in [1.807, 2.05) is 53.7 Å². The maximum absolute atomic E-state index is 12.3. The molecule has 8 heteroatoms. The van der Waals surface area contributed by atoms with E-state index in [-0.39, 0.29) is 33.9 Å². The molecular formula is C24H30ClN3O4. The van der Waals surface area contributed by atoms with Gasteiger partial charge < -0.3 is 5.11 Å². The number of hydrazone groups is 1. The minimum atomic E-state index is -0.576. The summed E-state index contributed by atoms with van der Waals surface area (Å²) in [7, 11) is 0. The van der Waals surface area contributed by atoms with Crippen LogP contribution in [-0.2, 0) is 22.0 Å². The van der Waals surface area contributed by atoms with Crippen molar-refractivity contribution in [1.82, 2.24) is 5.43 Å². The number of hydrogen-bond donors (Lipinski definition) is 2. The molecule has 0 heterocycles. The molecule has 1 amide bonds. The number of rotatable bonds is 6. The Morgan fingerprint density at radius 1 is 1.12 bits per heavy atom. The number of halogens is 1. The molecule has 0 saturated heterocycles. The Hall–Kier alpha value is -2.93. The molecule has 2 rings (SSSR count). The normalized spacial score (nSPS) is 12.2. The Morgan fingerprint density at radius 3 is 2.19 bits per heavy atom. The smallest absolute Gasteiger partial charge is 0.288 e. The molecule has 32 heavy (non-hydrogen) atoms. The summed E-state index contributed by atoms with van der Waals surface area (Å²) in [4.78, 5) is 22.6. The third-order valence-electron chi connectivity index (χ3n) is 5.00. The Kier molecular flexibility index (Phi) is 7.67.